The summed E-state index contributed by atoms with van der Waals surface area (Å²) in [4.78, 5) is 24.7. The van der Waals surface area contributed by atoms with Crippen molar-refractivity contribution in [3.8, 4) is 90.1 Å². The summed E-state index contributed by atoms with van der Waals surface area (Å²) >= 11 is 0. The van der Waals surface area contributed by atoms with Crippen LogP contribution in [0.3, 0.4) is 0 Å². The molecular formula is C49H33N5. The molecule has 5 heteroatoms. The molecule has 0 amide bonds. The highest BCUT2D eigenvalue weighted by molar-refractivity contribution is 5.85. The van der Waals surface area contributed by atoms with Crippen LogP contribution in [0, 0.1) is 0 Å². The molecule has 0 atom stereocenters. The Morgan fingerprint density at radius 3 is 1.39 bits per heavy atom. The molecule has 0 N–H and O–H groups in total. The van der Waals surface area contributed by atoms with Crippen molar-refractivity contribution in [1.82, 2.24) is 24.9 Å². The van der Waals surface area contributed by atoms with Crippen molar-refractivity contribution in [3.05, 3.63) is 200 Å². The van der Waals surface area contributed by atoms with E-state index >= 15 is 0 Å². The van der Waals surface area contributed by atoms with Gasteiger partial charge in [-0.3, -0.25) is 9.97 Å². The number of benzene rings is 5. The van der Waals surface area contributed by atoms with Gasteiger partial charge in [0, 0.05) is 34.6 Å². The minimum atomic E-state index is 0.677. The van der Waals surface area contributed by atoms with Crippen molar-refractivity contribution in [2.45, 2.75) is 0 Å². The van der Waals surface area contributed by atoms with Gasteiger partial charge < -0.3 is 0 Å². The SMILES string of the molecule is c1ccc(-c2cc(-c3ccccn3)nc(-c3ccc(-c4ccccc4-c4cccc(-c5nc(-c6ccccc6)cc(-c6ccccc6)n5)c4)cn3)c2)cc1. The zero-order valence-electron chi connectivity index (χ0n) is 29.3. The van der Waals surface area contributed by atoms with Crippen LogP contribution in [0.1, 0.15) is 0 Å². The lowest BCUT2D eigenvalue weighted by molar-refractivity contribution is 1.18. The minimum Gasteiger partial charge on any atom is -0.255 e. The van der Waals surface area contributed by atoms with Crippen molar-refractivity contribution < 1.29 is 0 Å². The number of aromatic nitrogens is 5. The molecule has 0 saturated heterocycles. The summed E-state index contributed by atoms with van der Waals surface area (Å²) < 4.78 is 0. The minimum absolute atomic E-state index is 0.677. The van der Waals surface area contributed by atoms with Gasteiger partial charge in [0.15, 0.2) is 5.82 Å². The van der Waals surface area contributed by atoms with Crippen LogP contribution in [0.25, 0.3) is 90.1 Å². The van der Waals surface area contributed by atoms with Crippen molar-refractivity contribution in [3.63, 3.8) is 0 Å². The molecule has 4 heterocycles. The number of pyridine rings is 3. The Kier molecular flexibility index (Phi) is 8.86. The van der Waals surface area contributed by atoms with Gasteiger partial charge in [-0.05, 0) is 70.3 Å². The normalized spacial score (nSPS) is 11.0. The summed E-state index contributed by atoms with van der Waals surface area (Å²) in [5.74, 6) is 0.677. The first-order chi connectivity index (χ1) is 26.7. The molecule has 0 radical (unpaired) electrons. The van der Waals surface area contributed by atoms with E-state index in [9.17, 15) is 0 Å². The molecule has 0 aliphatic carbocycles. The Labute approximate surface area is 314 Å². The highest BCUT2D eigenvalue weighted by atomic mass is 14.9. The van der Waals surface area contributed by atoms with E-state index in [0.29, 0.717) is 5.82 Å². The maximum Gasteiger partial charge on any atom is 0.160 e. The Morgan fingerprint density at radius 1 is 0.259 bits per heavy atom. The molecule has 254 valence electrons. The zero-order valence-corrected chi connectivity index (χ0v) is 29.3. The van der Waals surface area contributed by atoms with Gasteiger partial charge in [-0.25, -0.2) is 15.0 Å². The molecular weight excluding hydrogens is 659 g/mol. The Balaban J connectivity index is 1.08. The van der Waals surface area contributed by atoms with Gasteiger partial charge in [-0.1, -0.05) is 146 Å². The van der Waals surface area contributed by atoms with Gasteiger partial charge in [0.2, 0.25) is 0 Å². The second-order valence-corrected chi connectivity index (χ2v) is 13.0. The third kappa shape index (κ3) is 6.82. The van der Waals surface area contributed by atoms with Crippen molar-refractivity contribution >= 4 is 0 Å². The molecule has 5 nitrogen and oxygen atoms in total. The van der Waals surface area contributed by atoms with E-state index in [4.69, 9.17) is 19.9 Å². The van der Waals surface area contributed by atoms with E-state index in [2.05, 4.69) is 120 Å². The fourth-order valence-corrected chi connectivity index (χ4v) is 6.71. The smallest absolute Gasteiger partial charge is 0.160 e. The lowest BCUT2D eigenvalue weighted by Gasteiger charge is -2.13. The third-order valence-electron chi connectivity index (χ3n) is 9.42. The van der Waals surface area contributed by atoms with Gasteiger partial charge in [0.05, 0.1) is 34.2 Å². The molecule has 0 aliphatic rings. The van der Waals surface area contributed by atoms with Crippen LogP contribution in [0.4, 0.5) is 0 Å². The van der Waals surface area contributed by atoms with Crippen LogP contribution in [0.2, 0.25) is 0 Å². The van der Waals surface area contributed by atoms with E-state index in [0.717, 1.165) is 84.2 Å². The number of hydrogen-bond donors (Lipinski definition) is 0. The Morgan fingerprint density at radius 2 is 0.796 bits per heavy atom. The van der Waals surface area contributed by atoms with E-state index < -0.39 is 0 Å². The van der Waals surface area contributed by atoms with Crippen molar-refractivity contribution in [2.75, 3.05) is 0 Å². The fourth-order valence-electron chi connectivity index (χ4n) is 6.71. The Hall–Kier alpha value is -7.37. The molecule has 0 spiro atoms. The maximum absolute atomic E-state index is 5.07. The van der Waals surface area contributed by atoms with E-state index in [1.165, 1.54) is 0 Å². The van der Waals surface area contributed by atoms with Gasteiger partial charge >= 0.3 is 0 Å². The summed E-state index contributed by atoms with van der Waals surface area (Å²) in [6.45, 7) is 0. The van der Waals surface area contributed by atoms with E-state index in [1.807, 2.05) is 79.0 Å². The molecule has 9 rings (SSSR count). The first-order valence-electron chi connectivity index (χ1n) is 17.9. The van der Waals surface area contributed by atoms with Crippen LogP contribution in [-0.4, -0.2) is 24.9 Å². The lowest BCUT2D eigenvalue weighted by Crippen LogP contribution is -1.96. The largest absolute Gasteiger partial charge is 0.255 e. The van der Waals surface area contributed by atoms with E-state index in [-0.39, 0.29) is 0 Å². The summed E-state index contributed by atoms with van der Waals surface area (Å²) in [6, 6.07) is 64.1. The second kappa shape index (κ2) is 14.7. The average molecular weight is 692 g/mol. The zero-order chi connectivity index (χ0) is 36.1. The number of nitrogens with zero attached hydrogens (tertiary/aromatic N) is 5. The second-order valence-electron chi connectivity index (χ2n) is 13.0. The summed E-state index contributed by atoms with van der Waals surface area (Å²) in [5, 5.41) is 0. The molecule has 0 bridgehead atoms. The monoisotopic (exact) mass is 691 g/mol. The predicted octanol–water partition coefficient (Wildman–Crippen LogP) is 12.0. The molecule has 54 heavy (non-hydrogen) atoms. The molecule has 4 aromatic heterocycles. The summed E-state index contributed by atoms with van der Waals surface area (Å²) in [6.07, 6.45) is 3.73. The predicted molar refractivity (Wildman–Crippen MR) is 219 cm³/mol. The quantitative estimate of drug-likeness (QED) is 0.159. The lowest BCUT2D eigenvalue weighted by atomic mass is 9.94. The average Bonchev–Trinajstić information content (AvgIpc) is 3.27. The molecule has 0 unspecified atom stereocenters. The van der Waals surface area contributed by atoms with Crippen LogP contribution in [-0.2, 0) is 0 Å². The van der Waals surface area contributed by atoms with Crippen molar-refractivity contribution in [1.29, 1.82) is 0 Å². The molecule has 0 saturated carbocycles. The number of hydrogen-bond acceptors (Lipinski definition) is 5. The highest BCUT2D eigenvalue weighted by Crippen LogP contribution is 2.36. The van der Waals surface area contributed by atoms with Crippen LogP contribution < -0.4 is 0 Å². The molecule has 5 aromatic carbocycles. The highest BCUT2D eigenvalue weighted by Gasteiger charge is 2.15. The molecule has 0 fully saturated rings. The first-order valence-corrected chi connectivity index (χ1v) is 17.9. The fraction of sp³-hybridized carbons (Fsp3) is 0. The van der Waals surface area contributed by atoms with Crippen LogP contribution in [0.15, 0.2) is 200 Å². The van der Waals surface area contributed by atoms with Gasteiger partial charge in [0.25, 0.3) is 0 Å². The van der Waals surface area contributed by atoms with Gasteiger partial charge in [0.1, 0.15) is 0 Å². The van der Waals surface area contributed by atoms with Gasteiger partial charge in [-0.15, -0.1) is 0 Å². The third-order valence-corrected chi connectivity index (χ3v) is 9.42. The Bertz CT molecular complexity index is 2560. The maximum atomic E-state index is 5.07. The number of rotatable bonds is 8. The first kappa shape index (κ1) is 32.5. The van der Waals surface area contributed by atoms with Crippen molar-refractivity contribution in [2.24, 2.45) is 0 Å². The van der Waals surface area contributed by atoms with Crippen LogP contribution in [0.5, 0.6) is 0 Å². The summed E-state index contributed by atoms with van der Waals surface area (Å²) in [5.41, 5.74) is 14.4. The topological polar surface area (TPSA) is 64.5 Å². The summed E-state index contributed by atoms with van der Waals surface area (Å²) in [7, 11) is 0. The standard InChI is InChI=1S/C49H33N5/c1-4-15-34(16-5-1)40-30-47(43-25-12-13-28-50-43)52-48(31-40)44-27-26-39(33-51-44)42-24-11-10-23-41(42)37-21-14-22-38(29-37)49-53-45(35-17-6-2-7-18-35)32-46(54-49)36-19-8-3-9-20-36/h1-33H. The van der Waals surface area contributed by atoms with E-state index in [1.54, 1.807) is 6.20 Å². The molecule has 0 aliphatic heterocycles. The van der Waals surface area contributed by atoms with Crippen LogP contribution >= 0.6 is 0 Å². The molecule has 9 aromatic rings. The van der Waals surface area contributed by atoms with Gasteiger partial charge in [-0.2, -0.15) is 0 Å².